The van der Waals surface area contributed by atoms with E-state index >= 15 is 0 Å². The third-order valence-corrected chi connectivity index (χ3v) is 2.43. The Morgan fingerprint density at radius 3 is 3.14 bits per heavy atom. The van der Waals surface area contributed by atoms with Crippen molar-refractivity contribution in [2.24, 2.45) is 0 Å². The highest BCUT2D eigenvalue weighted by molar-refractivity contribution is 5.61. The summed E-state index contributed by atoms with van der Waals surface area (Å²) in [6, 6.07) is 6.01. The number of alkyl halides is 1. The van der Waals surface area contributed by atoms with Crippen molar-refractivity contribution in [3.8, 4) is 5.75 Å². The van der Waals surface area contributed by atoms with E-state index in [0.29, 0.717) is 13.2 Å². The van der Waals surface area contributed by atoms with Gasteiger partial charge in [0.15, 0.2) is 0 Å². The molecule has 3 heteroatoms. The quantitative estimate of drug-likeness (QED) is 0.715. The molecule has 1 aliphatic rings. The predicted molar refractivity (Wildman–Crippen MR) is 54.9 cm³/mol. The van der Waals surface area contributed by atoms with Gasteiger partial charge in [-0.3, -0.25) is 0 Å². The number of hydrogen-bond acceptors (Lipinski definition) is 2. The zero-order valence-electron chi connectivity index (χ0n) is 8.29. The number of aryl methyl sites for hydroxylation is 1. The fourth-order valence-electron chi connectivity index (χ4n) is 1.72. The Labute approximate surface area is 83.3 Å². The van der Waals surface area contributed by atoms with Crippen molar-refractivity contribution >= 4 is 5.69 Å². The lowest BCUT2D eigenvalue weighted by Crippen LogP contribution is -2.34. The van der Waals surface area contributed by atoms with E-state index in [2.05, 4.69) is 0 Å². The lowest BCUT2D eigenvalue weighted by Gasteiger charge is -2.30. The van der Waals surface area contributed by atoms with Crippen molar-refractivity contribution in [1.82, 2.24) is 0 Å². The van der Waals surface area contributed by atoms with Gasteiger partial charge >= 0.3 is 0 Å². The maximum atomic E-state index is 12.3. The highest BCUT2D eigenvalue weighted by Gasteiger charge is 2.17. The maximum Gasteiger partial charge on any atom is 0.142 e. The molecule has 0 radical (unpaired) electrons. The summed E-state index contributed by atoms with van der Waals surface area (Å²) in [5.41, 5.74) is 2.20. The van der Waals surface area contributed by atoms with E-state index in [4.69, 9.17) is 4.74 Å². The molecule has 0 unspecified atom stereocenters. The summed E-state index contributed by atoms with van der Waals surface area (Å²) in [4.78, 5) is 2.03. The lowest BCUT2D eigenvalue weighted by atomic mass is 10.1. The van der Waals surface area contributed by atoms with Crippen LogP contribution in [-0.4, -0.2) is 26.4 Å². The Morgan fingerprint density at radius 1 is 1.50 bits per heavy atom. The summed E-state index contributed by atoms with van der Waals surface area (Å²) in [6.45, 7) is 3.60. The molecule has 76 valence electrons. The highest BCUT2D eigenvalue weighted by atomic mass is 18.2. The first kappa shape index (κ1) is 9.31. The van der Waals surface area contributed by atoms with Crippen LogP contribution >= 0.6 is 0 Å². The molecule has 14 heavy (non-hydrogen) atoms. The third kappa shape index (κ3) is 1.67. The van der Waals surface area contributed by atoms with E-state index in [1.54, 1.807) is 0 Å². The number of anilines is 1. The van der Waals surface area contributed by atoms with Crippen LogP contribution in [0.3, 0.4) is 0 Å². The minimum absolute atomic E-state index is 0.312. The van der Waals surface area contributed by atoms with Crippen LogP contribution in [-0.2, 0) is 0 Å². The monoisotopic (exact) mass is 194 g/mol. The summed E-state index contributed by atoms with van der Waals surface area (Å²) in [5.74, 6) is 0.871. The van der Waals surface area contributed by atoms with Crippen LogP contribution in [0.2, 0.25) is 0 Å². The molecule has 0 spiro atoms. The van der Waals surface area contributed by atoms with Crippen molar-refractivity contribution in [3.63, 3.8) is 0 Å². The Hall–Kier alpha value is -1.25. The molecule has 2 nitrogen and oxygen atoms in total. The minimum Gasteiger partial charge on any atom is -0.490 e. The largest absolute Gasteiger partial charge is 0.490 e. The van der Waals surface area contributed by atoms with Gasteiger partial charge in [-0.1, -0.05) is 6.07 Å². The van der Waals surface area contributed by atoms with Crippen LogP contribution in [0.25, 0.3) is 0 Å². The van der Waals surface area contributed by atoms with Crippen LogP contribution < -0.4 is 9.64 Å². The van der Waals surface area contributed by atoms with Gasteiger partial charge in [0, 0.05) is 6.54 Å². The topological polar surface area (TPSA) is 12.5 Å². The molecule has 0 aromatic heterocycles. The average Bonchev–Trinajstić information content (AvgIpc) is 2.19. The molecule has 0 fully saturated rings. The third-order valence-electron chi connectivity index (χ3n) is 2.43. The molecule has 0 amide bonds. The lowest BCUT2D eigenvalue weighted by molar-refractivity contribution is 0.304. The van der Waals surface area contributed by atoms with Crippen molar-refractivity contribution < 1.29 is 9.13 Å². The van der Waals surface area contributed by atoms with Gasteiger partial charge in [0.2, 0.25) is 0 Å². The summed E-state index contributed by atoms with van der Waals surface area (Å²) < 4.78 is 17.8. The van der Waals surface area contributed by atoms with E-state index in [-0.39, 0.29) is 6.67 Å². The number of fused-ring (bicyclic) bond motifs is 1. The van der Waals surface area contributed by atoms with E-state index in [1.165, 1.54) is 5.56 Å². The van der Waals surface area contributed by atoms with E-state index in [9.17, 15) is 4.39 Å². The number of benzene rings is 1. The minimum atomic E-state index is -0.312. The van der Waals surface area contributed by atoms with Gasteiger partial charge in [-0.15, -0.1) is 0 Å². The van der Waals surface area contributed by atoms with Crippen molar-refractivity contribution in [2.75, 3.05) is 31.3 Å². The van der Waals surface area contributed by atoms with E-state index < -0.39 is 0 Å². The zero-order valence-corrected chi connectivity index (χ0v) is 8.29. The van der Waals surface area contributed by atoms with Gasteiger partial charge in [-0.25, -0.2) is 4.39 Å². The molecule has 0 saturated carbocycles. The number of halogens is 1. The number of rotatable bonds is 2. The first-order valence-electron chi connectivity index (χ1n) is 4.85. The first-order valence-corrected chi connectivity index (χ1v) is 4.85. The smallest absolute Gasteiger partial charge is 0.142 e. The first-order chi connectivity index (χ1) is 6.81. The second-order valence-electron chi connectivity index (χ2n) is 3.50. The maximum absolute atomic E-state index is 12.3. The van der Waals surface area contributed by atoms with Crippen molar-refractivity contribution in [3.05, 3.63) is 23.8 Å². The summed E-state index contributed by atoms with van der Waals surface area (Å²) in [5, 5.41) is 0. The average molecular weight is 194 g/mol. The van der Waals surface area contributed by atoms with Crippen LogP contribution in [0.5, 0.6) is 5.75 Å². The van der Waals surface area contributed by atoms with E-state index in [1.807, 2.05) is 30.0 Å². The summed E-state index contributed by atoms with van der Waals surface area (Å²) in [7, 11) is 0. The van der Waals surface area contributed by atoms with Crippen LogP contribution in [0.4, 0.5) is 10.1 Å². The fourth-order valence-corrected chi connectivity index (χ4v) is 1.72. The van der Waals surface area contributed by atoms with Gasteiger partial charge in [0.05, 0.1) is 12.2 Å². The zero-order chi connectivity index (χ0) is 9.97. The predicted octanol–water partition coefficient (Wildman–Crippen LogP) is 2.16. The second-order valence-corrected chi connectivity index (χ2v) is 3.50. The molecule has 1 heterocycles. The molecular formula is C11H14FNO. The Kier molecular flexibility index (Phi) is 2.57. The Bertz CT molecular complexity index is 327. The highest BCUT2D eigenvalue weighted by Crippen LogP contribution is 2.31. The molecule has 0 aliphatic carbocycles. The Balaban J connectivity index is 2.32. The SMILES string of the molecule is Cc1ccc2c(c1)N(CC[18F])CCO2. The molecule has 1 aliphatic heterocycles. The fraction of sp³-hybridized carbons (Fsp3) is 0.455. The van der Waals surface area contributed by atoms with Crippen LogP contribution in [0, 0.1) is 6.92 Å². The number of hydrogen-bond donors (Lipinski definition) is 0. The molecule has 1 aromatic carbocycles. The van der Waals surface area contributed by atoms with Crippen molar-refractivity contribution in [1.29, 1.82) is 0 Å². The molecule has 0 N–H and O–H groups in total. The summed E-state index contributed by atoms with van der Waals surface area (Å²) in [6.07, 6.45) is 0. The second kappa shape index (κ2) is 3.86. The van der Waals surface area contributed by atoms with Gasteiger partial charge < -0.3 is 9.64 Å². The van der Waals surface area contributed by atoms with Gasteiger partial charge in [0.1, 0.15) is 19.0 Å². The molecule has 0 bridgehead atoms. The normalized spacial score (nSPS) is 14.9. The molecular weight excluding hydrogens is 180 g/mol. The molecule has 0 saturated heterocycles. The van der Waals surface area contributed by atoms with Gasteiger partial charge in [0.25, 0.3) is 0 Å². The van der Waals surface area contributed by atoms with Gasteiger partial charge in [-0.2, -0.15) is 0 Å². The molecule has 1 aromatic rings. The van der Waals surface area contributed by atoms with Crippen molar-refractivity contribution in [2.45, 2.75) is 6.92 Å². The van der Waals surface area contributed by atoms with Gasteiger partial charge in [-0.05, 0) is 24.6 Å². The molecule has 0 atom stereocenters. The number of ether oxygens (including phenoxy) is 1. The Morgan fingerprint density at radius 2 is 2.36 bits per heavy atom. The summed E-state index contributed by atoms with van der Waals surface area (Å²) >= 11 is 0. The standard InChI is InChI=1S/C11H14FNO/c1-9-2-3-11-10(8-9)13(5-4-12)6-7-14-11/h2-3,8H,4-7H2,1H3/i12-1. The molecule has 2 rings (SSSR count). The van der Waals surface area contributed by atoms with Crippen LogP contribution in [0.15, 0.2) is 18.2 Å². The number of nitrogens with zero attached hydrogens (tertiary/aromatic N) is 1. The van der Waals surface area contributed by atoms with E-state index in [0.717, 1.165) is 18.0 Å². The van der Waals surface area contributed by atoms with Crippen LogP contribution in [0.1, 0.15) is 5.56 Å².